The number of rotatable bonds is 6. The molecule has 2 amide bonds. The Labute approximate surface area is 166 Å². The fourth-order valence-electron chi connectivity index (χ4n) is 6.29. The molecule has 28 heavy (non-hydrogen) atoms. The molecule has 4 saturated carbocycles. The van der Waals surface area contributed by atoms with Crippen molar-refractivity contribution in [2.24, 2.45) is 29.1 Å². The van der Waals surface area contributed by atoms with Gasteiger partial charge in [-0.15, -0.1) is 0 Å². The zero-order chi connectivity index (χ0) is 19.9. The van der Waals surface area contributed by atoms with E-state index in [4.69, 9.17) is 0 Å². The van der Waals surface area contributed by atoms with E-state index in [1.165, 1.54) is 50.7 Å². The summed E-state index contributed by atoms with van der Waals surface area (Å²) in [5.41, 5.74) is 0.226. The van der Waals surface area contributed by atoms with Gasteiger partial charge in [-0.25, -0.2) is 4.39 Å². The van der Waals surface area contributed by atoms with Gasteiger partial charge in [0.15, 0.2) is 0 Å². The van der Waals surface area contributed by atoms with E-state index in [0.717, 1.165) is 17.8 Å². The lowest BCUT2D eigenvalue weighted by Gasteiger charge is -2.57. The fourth-order valence-corrected chi connectivity index (χ4v) is 6.29. The van der Waals surface area contributed by atoms with E-state index in [1.54, 1.807) is 12.1 Å². The van der Waals surface area contributed by atoms with Gasteiger partial charge in [0.25, 0.3) is 5.91 Å². The van der Waals surface area contributed by atoms with Gasteiger partial charge in [0.05, 0.1) is 5.56 Å². The summed E-state index contributed by atoms with van der Waals surface area (Å²) in [5, 5.41) is 5.89. The number of hydrogen-bond acceptors (Lipinski definition) is 2. The maximum absolute atomic E-state index is 13.9. The molecule has 4 aliphatic rings. The van der Waals surface area contributed by atoms with Gasteiger partial charge in [-0.3, -0.25) is 9.59 Å². The molecule has 4 fully saturated rings. The Morgan fingerprint density at radius 3 is 2.18 bits per heavy atom. The second-order valence-electron chi connectivity index (χ2n) is 9.81. The Morgan fingerprint density at radius 1 is 1.07 bits per heavy atom. The quantitative estimate of drug-likeness (QED) is 0.779. The lowest BCUT2D eigenvalue weighted by atomic mass is 9.49. The van der Waals surface area contributed by atoms with Crippen LogP contribution >= 0.6 is 0 Å². The lowest BCUT2D eigenvalue weighted by molar-refractivity contribution is -0.126. The van der Waals surface area contributed by atoms with Crippen LogP contribution in [0.3, 0.4) is 0 Å². The molecule has 0 aromatic heterocycles. The zero-order valence-electron chi connectivity index (χ0n) is 16.8. The molecular formula is C23H31FN2O2. The summed E-state index contributed by atoms with van der Waals surface area (Å²) >= 11 is 0. The smallest absolute Gasteiger partial charge is 0.254 e. The molecule has 152 valence electrons. The third-order valence-corrected chi connectivity index (χ3v) is 7.16. The van der Waals surface area contributed by atoms with Crippen molar-refractivity contribution in [2.45, 2.75) is 58.4 Å². The van der Waals surface area contributed by atoms with Gasteiger partial charge in [0, 0.05) is 6.54 Å². The predicted molar refractivity (Wildman–Crippen MR) is 106 cm³/mol. The van der Waals surface area contributed by atoms with E-state index in [-0.39, 0.29) is 22.8 Å². The van der Waals surface area contributed by atoms with Crippen molar-refractivity contribution in [1.82, 2.24) is 10.6 Å². The maximum Gasteiger partial charge on any atom is 0.254 e. The van der Waals surface area contributed by atoms with Crippen molar-refractivity contribution in [2.75, 3.05) is 6.54 Å². The van der Waals surface area contributed by atoms with Gasteiger partial charge < -0.3 is 10.6 Å². The molecule has 0 unspecified atom stereocenters. The Bertz CT molecular complexity index is 725. The molecule has 5 rings (SSSR count). The van der Waals surface area contributed by atoms with Crippen molar-refractivity contribution in [1.29, 1.82) is 0 Å². The largest absolute Gasteiger partial charge is 0.354 e. The summed E-state index contributed by atoms with van der Waals surface area (Å²) in [7, 11) is 0. The minimum absolute atomic E-state index is 0.0259. The van der Waals surface area contributed by atoms with Gasteiger partial charge in [0.1, 0.15) is 11.9 Å². The summed E-state index contributed by atoms with van der Waals surface area (Å²) in [6.07, 6.45) is 7.81. The van der Waals surface area contributed by atoms with Crippen LogP contribution in [0, 0.1) is 34.9 Å². The Morgan fingerprint density at radius 2 is 1.64 bits per heavy atom. The molecular weight excluding hydrogens is 355 g/mol. The van der Waals surface area contributed by atoms with Crippen LogP contribution in [0.1, 0.15) is 62.7 Å². The molecule has 4 nitrogen and oxygen atoms in total. The molecule has 0 aliphatic heterocycles. The van der Waals surface area contributed by atoms with Crippen molar-refractivity contribution in [3.8, 4) is 0 Å². The van der Waals surface area contributed by atoms with E-state index in [1.807, 2.05) is 13.8 Å². The molecule has 4 aliphatic carbocycles. The summed E-state index contributed by atoms with van der Waals surface area (Å²) in [5.74, 6) is 1.17. The highest BCUT2D eigenvalue weighted by molar-refractivity contribution is 5.97. The van der Waals surface area contributed by atoms with E-state index in [0.29, 0.717) is 6.54 Å². The van der Waals surface area contributed by atoms with Gasteiger partial charge in [-0.05, 0) is 79.7 Å². The van der Waals surface area contributed by atoms with Crippen LogP contribution in [-0.2, 0) is 4.79 Å². The van der Waals surface area contributed by atoms with Crippen molar-refractivity contribution in [3.05, 3.63) is 35.6 Å². The molecule has 1 aromatic carbocycles. The Kier molecular flexibility index (Phi) is 5.19. The number of benzene rings is 1. The highest BCUT2D eigenvalue weighted by Gasteiger charge is 2.50. The van der Waals surface area contributed by atoms with Crippen molar-refractivity contribution < 1.29 is 14.0 Å². The molecule has 0 heterocycles. The first-order chi connectivity index (χ1) is 13.3. The minimum atomic E-state index is -0.666. The predicted octanol–water partition coefficient (Wildman–Crippen LogP) is 3.91. The summed E-state index contributed by atoms with van der Waals surface area (Å²) in [4.78, 5) is 25.4. The third-order valence-electron chi connectivity index (χ3n) is 7.16. The summed E-state index contributed by atoms with van der Waals surface area (Å²) in [6, 6.07) is 5.20. The van der Waals surface area contributed by atoms with E-state index < -0.39 is 17.8 Å². The first kappa shape index (κ1) is 19.4. The monoisotopic (exact) mass is 386 g/mol. The first-order valence-corrected chi connectivity index (χ1v) is 10.7. The second-order valence-corrected chi connectivity index (χ2v) is 9.81. The summed E-state index contributed by atoms with van der Waals surface area (Å²) < 4.78 is 13.9. The Hall–Kier alpha value is -1.91. The van der Waals surface area contributed by atoms with Crippen molar-refractivity contribution >= 4 is 11.8 Å². The van der Waals surface area contributed by atoms with Gasteiger partial charge >= 0.3 is 0 Å². The van der Waals surface area contributed by atoms with E-state index in [9.17, 15) is 14.0 Å². The molecule has 0 saturated heterocycles. The Balaban J connectivity index is 1.39. The van der Waals surface area contributed by atoms with Crippen LogP contribution in [0.4, 0.5) is 4.39 Å². The summed E-state index contributed by atoms with van der Waals surface area (Å²) in [6.45, 7) is 4.50. The molecule has 0 spiro atoms. The number of carbonyl (C=O) groups excluding carboxylic acids is 2. The molecule has 4 bridgehead atoms. The lowest BCUT2D eigenvalue weighted by Crippen LogP contribution is -2.55. The number of hydrogen-bond donors (Lipinski definition) is 2. The normalized spacial score (nSPS) is 31.6. The fraction of sp³-hybridized carbons (Fsp3) is 0.652. The molecule has 5 heteroatoms. The number of halogens is 1. The van der Waals surface area contributed by atoms with Crippen LogP contribution in [-0.4, -0.2) is 24.4 Å². The first-order valence-electron chi connectivity index (χ1n) is 10.7. The minimum Gasteiger partial charge on any atom is -0.354 e. The van der Waals surface area contributed by atoms with Crippen LogP contribution in [0.25, 0.3) is 0 Å². The van der Waals surface area contributed by atoms with E-state index >= 15 is 0 Å². The van der Waals surface area contributed by atoms with Crippen LogP contribution < -0.4 is 10.6 Å². The van der Waals surface area contributed by atoms with E-state index in [2.05, 4.69) is 10.6 Å². The molecule has 1 aromatic rings. The maximum atomic E-state index is 13.9. The van der Waals surface area contributed by atoms with Gasteiger partial charge in [0.2, 0.25) is 5.91 Å². The highest BCUT2D eigenvalue weighted by Crippen LogP contribution is 2.59. The number of amides is 2. The number of nitrogens with one attached hydrogen (secondary N) is 2. The molecule has 1 atom stereocenters. The van der Waals surface area contributed by atoms with Gasteiger partial charge in [-0.2, -0.15) is 0 Å². The standard InChI is InChI=1S/C23H31FN2O2/c1-14(2)20(26-21(27)18-5-3-4-6-19(18)24)22(28)25-13-23-10-15-7-16(11-23)9-17(8-15)12-23/h3-6,14-17,20H,7-13H2,1-2H3,(H,25,28)(H,26,27)/t15?,16?,17?,20-,23?/m0/s1. The van der Waals surface area contributed by atoms with Crippen LogP contribution in [0.5, 0.6) is 0 Å². The third kappa shape index (κ3) is 3.81. The zero-order valence-corrected chi connectivity index (χ0v) is 16.8. The second kappa shape index (κ2) is 7.49. The number of carbonyl (C=O) groups is 2. The average molecular weight is 387 g/mol. The SMILES string of the molecule is CC(C)[C@H](NC(=O)c1ccccc1F)C(=O)NCC12CC3CC(CC(C3)C1)C2. The van der Waals surface area contributed by atoms with Crippen molar-refractivity contribution in [3.63, 3.8) is 0 Å². The topological polar surface area (TPSA) is 58.2 Å². The van der Waals surface area contributed by atoms with Gasteiger partial charge in [-0.1, -0.05) is 26.0 Å². The highest BCUT2D eigenvalue weighted by atomic mass is 19.1. The van der Waals surface area contributed by atoms with Crippen LogP contribution in [0.2, 0.25) is 0 Å². The van der Waals surface area contributed by atoms with Crippen LogP contribution in [0.15, 0.2) is 24.3 Å². The molecule has 0 radical (unpaired) electrons. The molecule has 2 N–H and O–H groups in total. The average Bonchev–Trinajstić information content (AvgIpc) is 2.63.